The van der Waals surface area contributed by atoms with E-state index in [1.54, 1.807) is 33.9 Å². The SMILES string of the molecule is Cc1ncsc1-c1ccc([C@H](CC(=O)C(C)C)NC(=O)[C@@H]2C[C@@H](O)CN2C(=O)[C@H](C(C)C)N2Cc3ccccc3C2=O)cc1. The highest BCUT2D eigenvalue weighted by molar-refractivity contribution is 7.13. The normalized spacial score (nSPS) is 19.4. The monoisotopic (exact) mass is 616 g/mol. The van der Waals surface area contributed by atoms with Crippen LogP contribution in [0, 0.1) is 18.8 Å². The largest absolute Gasteiger partial charge is 0.391 e. The van der Waals surface area contributed by atoms with Crippen molar-refractivity contribution >= 4 is 34.8 Å². The van der Waals surface area contributed by atoms with E-state index in [0.717, 1.165) is 27.3 Å². The summed E-state index contributed by atoms with van der Waals surface area (Å²) in [6, 6.07) is 12.7. The van der Waals surface area contributed by atoms with Crippen LogP contribution < -0.4 is 5.32 Å². The first-order valence-electron chi connectivity index (χ1n) is 15.2. The van der Waals surface area contributed by atoms with Crippen LogP contribution in [0.1, 0.15) is 73.8 Å². The van der Waals surface area contributed by atoms with Crippen LogP contribution in [0.5, 0.6) is 0 Å². The van der Waals surface area contributed by atoms with Crippen molar-refractivity contribution in [3.63, 3.8) is 0 Å². The molecule has 10 heteroatoms. The Morgan fingerprint density at radius 2 is 1.77 bits per heavy atom. The van der Waals surface area contributed by atoms with E-state index < -0.39 is 30.1 Å². The predicted molar refractivity (Wildman–Crippen MR) is 169 cm³/mol. The van der Waals surface area contributed by atoms with Gasteiger partial charge in [0, 0.05) is 37.4 Å². The van der Waals surface area contributed by atoms with Crippen LogP contribution >= 0.6 is 11.3 Å². The maximum Gasteiger partial charge on any atom is 0.255 e. The van der Waals surface area contributed by atoms with Crippen molar-refractivity contribution in [3.05, 3.63) is 76.4 Å². The third kappa shape index (κ3) is 6.32. The van der Waals surface area contributed by atoms with Gasteiger partial charge in [-0.25, -0.2) is 4.98 Å². The molecule has 0 unspecified atom stereocenters. The van der Waals surface area contributed by atoms with Crippen molar-refractivity contribution in [2.75, 3.05) is 6.54 Å². The standard InChI is InChI=1S/C34H40N4O5S/c1-19(2)29(40)15-27(22-10-12-23(13-11-22)31-21(5)35-18-44-31)36-32(41)28-14-25(39)17-37(28)34(43)30(20(3)4)38-16-24-8-6-7-9-26(24)33(38)42/h6-13,18-20,25,27-28,30,39H,14-17H2,1-5H3,(H,36,41)/t25-,27+,28+,30+/m1/s1. The second-order valence-electron chi connectivity index (χ2n) is 12.5. The first-order valence-corrected chi connectivity index (χ1v) is 16.0. The average Bonchev–Trinajstić information content (AvgIpc) is 3.69. The minimum Gasteiger partial charge on any atom is -0.391 e. The molecule has 5 rings (SSSR count). The van der Waals surface area contributed by atoms with Crippen molar-refractivity contribution in [2.24, 2.45) is 11.8 Å². The van der Waals surface area contributed by atoms with Crippen LogP contribution in [0.15, 0.2) is 54.0 Å². The molecule has 2 aliphatic heterocycles. The van der Waals surface area contributed by atoms with Crippen LogP contribution in [-0.2, 0) is 20.9 Å². The molecule has 0 aliphatic carbocycles. The molecule has 232 valence electrons. The number of benzene rings is 2. The predicted octanol–water partition coefficient (Wildman–Crippen LogP) is 4.53. The van der Waals surface area contributed by atoms with Crippen molar-refractivity contribution in [1.82, 2.24) is 20.1 Å². The molecule has 2 aliphatic rings. The molecule has 1 fully saturated rings. The maximum absolute atomic E-state index is 14.1. The van der Waals surface area contributed by atoms with Gasteiger partial charge in [0.2, 0.25) is 11.8 Å². The second-order valence-corrected chi connectivity index (χ2v) is 13.3. The Hall–Kier alpha value is -3.89. The highest BCUT2D eigenvalue weighted by atomic mass is 32.1. The van der Waals surface area contributed by atoms with E-state index in [9.17, 15) is 24.3 Å². The first-order chi connectivity index (χ1) is 21.0. The summed E-state index contributed by atoms with van der Waals surface area (Å²) in [6.07, 6.45) is -0.710. The number of aliphatic hydroxyl groups is 1. The van der Waals surface area contributed by atoms with Crippen molar-refractivity contribution in [1.29, 1.82) is 0 Å². The number of nitrogens with one attached hydrogen (secondary N) is 1. The number of nitrogens with zero attached hydrogens (tertiary/aromatic N) is 3. The van der Waals surface area contributed by atoms with Gasteiger partial charge >= 0.3 is 0 Å². The number of aryl methyl sites for hydroxylation is 1. The molecule has 0 radical (unpaired) electrons. The van der Waals surface area contributed by atoms with Crippen LogP contribution in [0.25, 0.3) is 10.4 Å². The first kappa shape index (κ1) is 31.5. The number of aromatic nitrogens is 1. The molecule has 4 atom stereocenters. The number of likely N-dealkylation sites (tertiary alicyclic amines) is 1. The Kier molecular flexibility index (Phi) is 9.31. The number of thiazole rings is 1. The number of Topliss-reactive ketones (excluding diaryl/α,β-unsaturated/α-hetero) is 1. The Balaban J connectivity index is 1.37. The number of aliphatic hydroxyl groups excluding tert-OH is 1. The Morgan fingerprint density at radius 1 is 1.07 bits per heavy atom. The number of carbonyl (C=O) groups is 4. The third-order valence-corrected chi connectivity index (χ3v) is 9.60. The molecule has 0 spiro atoms. The van der Waals surface area contributed by atoms with Crippen LogP contribution in [0.4, 0.5) is 0 Å². The quantitative estimate of drug-likeness (QED) is 0.345. The fourth-order valence-corrected chi connectivity index (χ4v) is 6.97. The van der Waals surface area contributed by atoms with Gasteiger partial charge in [-0.05, 0) is 35.6 Å². The Bertz CT molecular complexity index is 1550. The lowest BCUT2D eigenvalue weighted by Crippen LogP contribution is -2.55. The molecule has 3 aromatic rings. The topological polar surface area (TPSA) is 120 Å². The molecule has 1 saturated heterocycles. The number of amides is 3. The van der Waals surface area contributed by atoms with E-state index in [4.69, 9.17) is 0 Å². The number of β-amino-alcohol motifs (C(OH)–C–C–N with tert-alkyl or cyclic N) is 1. The fraction of sp³-hybridized carbons (Fsp3) is 0.441. The zero-order chi connectivity index (χ0) is 31.7. The number of hydrogen-bond acceptors (Lipinski definition) is 7. The van der Waals surface area contributed by atoms with E-state index in [-0.39, 0.29) is 48.8 Å². The lowest BCUT2D eigenvalue weighted by molar-refractivity contribution is -0.143. The van der Waals surface area contributed by atoms with Crippen LogP contribution in [0.3, 0.4) is 0 Å². The van der Waals surface area contributed by atoms with Crippen LogP contribution in [-0.4, -0.2) is 68.1 Å². The fourth-order valence-electron chi connectivity index (χ4n) is 6.16. The van der Waals surface area contributed by atoms with E-state index in [1.807, 2.05) is 71.0 Å². The van der Waals surface area contributed by atoms with E-state index >= 15 is 0 Å². The Morgan fingerprint density at radius 3 is 2.39 bits per heavy atom. The van der Waals surface area contributed by atoms with Gasteiger partial charge < -0.3 is 20.2 Å². The zero-order valence-electron chi connectivity index (χ0n) is 25.8. The van der Waals surface area contributed by atoms with Crippen LogP contribution in [0.2, 0.25) is 0 Å². The molecular weight excluding hydrogens is 576 g/mol. The van der Waals surface area contributed by atoms with Gasteiger partial charge in [-0.1, -0.05) is 70.2 Å². The van der Waals surface area contributed by atoms with Gasteiger partial charge in [0.25, 0.3) is 5.91 Å². The molecule has 0 bridgehead atoms. The summed E-state index contributed by atoms with van der Waals surface area (Å²) in [6.45, 7) is 9.68. The molecule has 0 saturated carbocycles. The lowest BCUT2D eigenvalue weighted by atomic mass is 9.95. The van der Waals surface area contributed by atoms with Gasteiger partial charge in [-0.15, -0.1) is 11.3 Å². The smallest absolute Gasteiger partial charge is 0.255 e. The number of hydrogen-bond donors (Lipinski definition) is 2. The van der Waals surface area contributed by atoms with Gasteiger partial charge in [-0.3, -0.25) is 19.2 Å². The minimum atomic E-state index is -0.936. The van der Waals surface area contributed by atoms with E-state index in [0.29, 0.717) is 12.1 Å². The van der Waals surface area contributed by atoms with Gasteiger partial charge in [0.1, 0.15) is 17.9 Å². The lowest BCUT2D eigenvalue weighted by Gasteiger charge is -2.35. The number of fused-ring (bicyclic) bond motifs is 1. The average molecular weight is 617 g/mol. The molecule has 3 heterocycles. The highest BCUT2D eigenvalue weighted by Crippen LogP contribution is 2.32. The summed E-state index contributed by atoms with van der Waals surface area (Å²) in [5.74, 6) is -1.44. The summed E-state index contributed by atoms with van der Waals surface area (Å²) in [4.78, 5) is 62.6. The zero-order valence-corrected chi connectivity index (χ0v) is 26.6. The van der Waals surface area contributed by atoms with E-state index in [1.165, 1.54) is 4.90 Å². The van der Waals surface area contributed by atoms with E-state index in [2.05, 4.69) is 10.3 Å². The number of ketones is 1. The molecule has 9 nitrogen and oxygen atoms in total. The minimum absolute atomic E-state index is 0.00375. The number of rotatable bonds is 10. The van der Waals surface area contributed by atoms with Gasteiger partial charge in [0.15, 0.2) is 0 Å². The second kappa shape index (κ2) is 13.0. The summed E-state index contributed by atoms with van der Waals surface area (Å²) in [5, 5.41) is 13.7. The summed E-state index contributed by atoms with van der Waals surface area (Å²) in [5.41, 5.74) is 5.95. The van der Waals surface area contributed by atoms with Gasteiger partial charge in [0.05, 0.1) is 28.2 Å². The third-order valence-electron chi connectivity index (χ3n) is 8.62. The maximum atomic E-state index is 14.1. The molecule has 3 amide bonds. The Labute approximate surface area is 262 Å². The number of carbonyl (C=O) groups excluding carboxylic acids is 4. The molecule has 44 heavy (non-hydrogen) atoms. The van der Waals surface area contributed by atoms with Crippen molar-refractivity contribution in [2.45, 2.75) is 78.2 Å². The van der Waals surface area contributed by atoms with Gasteiger partial charge in [-0.2, -0.15) is 0 Å². The highest BCUT2D eigenvalue weighted by Gasteiger charge is 2.46. The summed E-state index contributed by atoms with van der Waals surface area (Å²) >= 11 is 1.55. The summed E-state index contributed by atoms with van der Waals surface area (Å²) < 4.78 is 0. The molecule has 1 aromatic heterocycles. The molecular formula is C34H40N4O5S. The summed E-state index contributed by atoms with van der Waals surface area (Å²) in [7, 11) is 0. The van der Waals surface area contributed by atoms with Crippen molar-refractivity contribution < 1.29 is 24.3 Å². The molecule has 2 N–H and O–H groups in total. The molecule has 2 aromatic carbocycles. The van der Waals surface area contributed by atoms with Crippen molar-refractivity contribution in [3.8, 4) is 10.4 Å².